The Labute approximate surface area is 117 Å². The molecule has 20 heavy (non-hydrogen) atoms. The van der Waals surface area contributed by atoms with Gasteiger partial charge in [-0.1, -0.05) is 19.3 Å². The van der Waals surface area contributed by atoms with E-state index in [2.05, 4.69) is 9.97 Å². The molecule has 5 heteroatoms. The van der Waals surface area contributed by atoms with Crippen molar-refractivity contribution in [2.24, 2.45) is 12.5 Å². The van der Waals surface area contributed by atoms with Crippen molar-refractivity contribution >= 4 is 17.0 Å². The summed E-state index contributed by atoms with van der Waals surface area (Å²) in [7, 11) is 1.94. The van der Waals surface area contributed by atoms with Crippen LogP contribution in [-0.2, 0) is 18.3 Å². The number of pyridine rings is 1. The lowest BCUT2D eigenvalue weighted by molar-refractivity contribution is -0.151. The average molecular weight is 273 g/mol. The molecule has 0 saturated heterocycles. The van der Waals surface area contributed by atoms with Gasteiger partial charge in [-0.05, 0) is 18.9 Å². The third-order valence-corrected chi connectivity index (χ3v) is 4.54. The molecule has 2 aromatic rings. The van der Waals surface area contributed by atoms with Crippen LogP contribution in [0.2, 0.25) is 0 Å². The normalized spacial score (nSPS) is 18.2. The van der Waals surface area contributed by atoms with Gasteiger partial charge < -0.3 is 9.67 Å². The van der Waals surface area contributed by atoms with E-state index in [1.807, 2.05) is 17.7 Å². The predicted molar refractivity (Wildman–Crippen MR) is 75.4 cm³/mol. The molecule has 0 spiro atoms. The number of imidazole rings is 1. The zero-order chi connectivity index (χ0) is 14.2. The molecule has 0 atom stereocenters. The summed E-state index contributed by atoms with van der Waals surface area (Å²) in [5.74, 6) is 0.166. The molecule has 1 saturated carbocycles. The molecule has 1 aliphatic rings. The molecule has 1 aliphatic carbocycles. The molecule has 106 valence electrons. The minimum absolute atomic E-state index is 0.507. The van der Waals surface area contributed by atoms with Crippen LogP contribution < -0.4 is 0 Å². The topological polar surface area (TPSA) is 68.0 Å². The van der Waals surface area contributed by atoms with Crippen molar-refractivity contribution in [2.75, 3.05) is 0 Å². The number of aromatic nitrogens is 3. The van der Waals surface area contributed by atoms with Gasteiger partial charge >= 0.3 is 5.97 Å². The van der Waals surface area contributed by atoms with Crippen molar-refractivity contribution in [3.63, 3.8) is 0 Å². The Morgan fingerprint density at radius 3 is 2.80 bits per heavy atom. The number of hydrogen-bond acceptors (Lipinski definition) is 3. The van der Waals surface area contributed by atoms with Crippen LogP contribution in [-0.4, -0.2) is 25.6 Å². The first-order chi connectivity index (χ1) is 9.62. The molecular formula is C15H19N3O2. The summed E-state index contributed by atoms with van der Waals surface area (Å²) in [6.45, 7) is 0. The number of fused-ring (bicyclic) bond motifs is 1. The van der Waals surface area contributed by atoms with Crippen LogP contribution in [0.4, 0.5) is 0 Å². The zero-order valence-electron chi connectivity index (χ0n) is 11.7. The second-order valence-electron chi connectivity index (χ2n) is 5.77. The van der Waals surface area contributed by atoms with E-state index in [1.54, 1.807) is 12.4 Å². The van der Waals surface area contributed by atoms with E-state index >= 15 is 0 Å². The Morgan fingerprint density at radius 2 is 2.15 bits per heavy atom. The first-order valence-corrected chi connectivity index (χ1v) is 7.11. The van der Waals surface area contributed by atoms with E-state index in [9.17, 15) is 9.90 Å². The highest BCUT2D eigenvalue weighted by Gasteiger charge is 2.40. The maximum atomic E-state index is 11.8. The van der Waals surface area contributed by atoms with Gasteiger partial charge in [-0.2, -0.15) is 0 Å². The molecule has 0 aliphatic heterocycles. The molecule has 3 rings (SSSR count). The van der Waals surface area contributed by atoms with E-state index in [1.165, 1.54) is 0 Å². The summed E-state index contributed by atoms with van der Waals surface area (Å²) in [5, 5.41) is 9.67. The number of carbonyl (C=O) groups is 1. The SMILES string of the molecule is Cn1c(CC2(C(=O)O)CCCCC2)nc2ccncc21. The van der Waals surface area contributed by atoms with E-state index in [0.717, 1.165) is 49.0 Å². The first kappa shape index (κ1) is 13.1. The van der Waals surface area contributed by atoms with Crippen molar-refractivity contribution in [1.82, 2.24) is 14.5 Å². The molecule has 0 radical (unpaired) electrons. The number of carboxylic acid groups (broad SMARTS) is 1. The third kappa shape index (κ3) is 2.07. The van der Waals surface area contributed by atoms with Crippen molar-refractivity contribution in [1.29, 1.82) is 0 Å². The largest absolute Gasteiger partial charge is 0.481 e. The lowest BCUT2D eigenvalue weighted by atomic mass is 9.71. The molecule has 1 fully saturated rings. The van der Waals surface area contributed by atoms with Gasteiger partial charge in [-0.3, -0.25) is 9.78 Å². The number of rotatable bonds is 3. The van der Waals surface area contributed by atoms with Crippen molar-refractivity contribution < 1.29 is 9.90 Å². The first-order valence-electron chi connectivity index (χ1n) is 7.11. The van der Waals surface area contributed by atoms with Crippen molar-refractivity contribution in [3.8, 4) is 0 Å². The van der Waals surface area contributed by atoms with Crippen LogP contribution >= 0.6 is 0 Å². The minimum Gasteiger partial charge on any atom is -0.481 e. The summed E-state index contributed by atoms with van der Waals surface area (Å²) in [6.07, 6.45) is 8.64. The van der Waals surface area contributed by atoms with E-state index in [4.69, 9.17) is 0 Å². The molecule has 1 N–H and O–H groups in total. The quantitative estimate of drug-likeness (QED) is 0.933. The number of nitrogens with zero attached hydrogens (tertiary/aromatic N) is 3. The Bertz CT molecular complexity index is 642. The maximum Gasteiger partial charge on any atom is 0.310 e. The highest BCUT2D eigenvalue weighted by atomic mass is 16.4. The van der Waals surface area contributed by atoms with Gasteiger partial charge in [0.1, 0.15) is 5.82 Å². The van der Waals surface area contributed by atoms with Gasteiger partial charge in [0.2, 0.25) is 0 Å². The second-order valence-corrected chi connectivity index (χ2v) is 5.77. The summed E-state index contributed by atoms with van der Waals surface area (Å²) < 4.78 is 1.97. The van der Waals surface area contributed by atoms with E-state index < -0.39 is 11.4 Å². The summed E-state index contributed by atoms with van der Waals surface area (Å²) in [4.78, 5) is 20.5. The van der Waals surface area contributed by atoms with Crippen LogP contribution in [0.3, 0.4) is 0 Å². The average Bonchev–Trinajstić information content (AvgIpc) is 2.77. The van der Waals surface area contributed by atoms with Gasteiger partial charge in [0.15, 0.2) is 0 Å². The van der Waals surface area contributed by atoms with Gasteiger partial charge in [0.05, 0.1) is 22.6 Å². The van der Waals surface area contributed by atoms with Gasteiger partial charge in [-0.15, -0.1) is 0 Å². The fraction of sp³-hybridized carbons (Fsp3) is 0.533. The number of aryl methyl sites for hydroxylation is 1. The van der Waals surface area contributed by atoms with Crippen LogP contribution in [0, 0.1) is 5.41 Å². The lowest BCUT2D eigenvalue weighted by Gasteiger charge is -2.32. The fourth-order valence-electron chi connectivity index (χ4n) is 3.24. The Kier molecular flexibility index (Phi) is 3.20. The van der Waals surface area contributed by atoms with Gasteiger partial charge in [0, 0.05) is 19.7 Å². The molecule has 2 aromatic heterocycles. The lowest BCUT2D eigenvalue weighted by Crippen LogP contribution is -2.36. The van der Waals surface area contributed by atoms with Crippen LogP contribution in [0.15, 0.2) is 18.5 Å². The Hall–Kier alpha value is -1.91. The standard InChI is InChI=1S/C15H19N3O2/c1-18-12-10-16-8-5-11(12)17-13(18)9-15(14(19)20)6-3-2-4-7-15/h5,8,10H,2-4,6-7,9H2,1H3,(H,19,20). The van der Waals surface area contributed by atoms with Crippen molar-refractivity contribution in [3.05, 3.63) is 24.3 Å². The molecular weight excluding hydrogens is 254 g/mol. The molecule has 0 amide bonds. The smallest absolute Gasteiger partial charge is 0.310 e. The summed E-state index contributed by atoms with van der Waals surface area (Å²) >= 11 is 0. The van der Waals surface area contributed by atoms with Gasteiger partial charge in [-0.25, -0.2) is 4.98 Å². The van der Waals surface area contributed by atoms with Crippen LogP contribution in [0.25, 0.3) is 11.0 Å². The van der Waals surface area contributed by atoms with Crippen LogP contribution in [0.5, 0.6) is 0 Å². The maximum absolute atomic E-state index is 11.8. The molecule has 0 aromatic carbocycles. The summed E-state index contributed by atoms with van der Waals surface area (Å²) in [6, 6.07) is 1.87. The number of carboxylic acids is 1. The van der Waals surface area contributed by atoms with Crippen molar-refractivity contribution in [2.45, 2.75) is 38.5 Å². The Morgan fingerprint density at radius 1 is 1.40 bits per heavy atom. The number of hydrogen-bond donors (Lipinski definition) is 1. The second kappa shape index (κ2) is 4.89. The monoisotopic (exact) mass is 273 g/mol. The highest BCUT2D eigenvalue weighted by Crippen LogP contribution is 2.39. The fourth-order valence-corrected chi connectivity index (χ4v) is 3.24. The van der Waals surface area contributed by atoms with E-state index in [0.29, 0.717) is 6.42 Å². The molecule has 5 nitrogen and oxygen atoms in total. The number of aliphatic carboxylic acids is 1. The zero-order valence-corrected chi connectivity index (χ0v) is 11.7. The predicted octanol–water partition coefficient (Wildman–Crippen LogP) is 2.55. The minimum atomic E-state index is -0.678. The molecule has 0 unspecified atom stereocenters. The third-order valence-electron chi connectivity index (χ3n) is 4.54. The van der Waals surface area contributed by atoms with E-state index in [-0.39, 0.29) is 0 Å². The molecule has 0 bridgehead atoms. The van der Waals surface area contributed by atoms with Crippen LogP contribution in [0.1, 0.15) is 37.9 Å². The highest BCUT2D eigenvalue weighted by molar-refractivity contribution is 5.77. The Balaban J connectivity index is 1.98. The molecule has 2 heterocycles. The van der Waals surface area contributed by atoms with Gasteiger partial charge in [0.25, 0.3) is 0 Å². The summed E-state index contributed by atoms with van der Waals surface area (Å²) in [5.41, 5.74) is 1.20.